The molecule has 74 valence electrons. The van der Waals surface area contributed by atoms with E-state index < -0.39 is 5.54 Å². The second-order valence-corrected chi connectivity index (χ2v) is 3.20. The maximum Gasteiger partial charge on any atom is 0.239 e. The fourth-order valence-corrected chi connectivity index (χ4v) is 0.726. The number of carbonyl (C=O) groups excluding carboxylic acids is 1. The van der Waals surface area contributed by atoms with Crippen molar-refractivity contribution in [1.29, 1.82) is 0 Å². The molecule has 0 aliphatic carbocycles. The quantitative estimate of drug-likeness (QED) is 0.495. The van der Waals surface area contributed by atoms with Crippen LogP contribution < -0.4 is 11.1 Å². The first kappa shape index (κ1) is 12.0. The number of amides is 1. The van der Waals surface area contributed by atoms with Crippen molar-refractivity contribution in [3.05, 3.63) is 0 Å². The average Bonchev–Trinajstić information content (AvgIpc) is 2.12. The highest BCUT2D eigenvalue weighted by atomic mass is 16.2. The zero-order valence-electron chi connectivity index (χ0n) is 8.61. The molecular formula is C10H18N2O. The highest BCUT2D eigenvalue weighted by Crippen LogP contribution is 2.03. The molecule has 0 rings (SSSR count). The number of nitrogens with two attached hydrogens (primary N) is 1. The van der Waals surface area contributed by atoms with E-state index in [0.29, 0.717) is 19.4 Å². The second kappa shape index (κ2) is 5.60. The maximum atomic E-state index is 11.4. The molecule has 0 aliphatic heterocycles. The molecule has 1 amide bonds. The number of hydrogen-bond donors (Lipinski definition) is 2. The van der Waals surface area contributed by atoms with Gasteiger partial charge in [0.15, 0.2) is 0 Å². The predicted molar refractivity (Wildman–Crippen MR) is 54.0 cm³/mol. The van der Waals surface area contributed by atoms with Crippen molar-refractivity contribution < 1.29 is 4.79 Å². The summed E-state index contributed by atoms with van der Waals surface area (Å²) in [6.45, 7) is 5.98. The number of nitrogens with one attached hydrogen (secondary N) is 1. The summed E-state index contributed by atoms with van der Waals surface area (Å²) in [6.07, 6.45) is 1.32. The van der Waals surface area contributed by atoms with Crippen LogP contribution in [0.1, 0.15) is 33.6 Å². The van der Waals surface area contributed by atoms with Crippen molar-refractivity contribution in [2.75, 3.05) is 6.54 Å². The smallest absolute Gasteiger partial charge is 0.239 e. The zero-order valence-corrected chi connectivity index (χ0v) is 8.61. The van der Waals surface area contributed by atoms with Crippen LogP contribution in [-0.2, 0) is 4.79 Å². The van der Waals surface area contributed by atoms with Gasteiger partial charge in [-0.15, -0.1) is 11.8 Å². The third kappa shape index (κ3) is 4.54. The molecule has 0 fully saturated rings. The van der Waals surface area contributed by atoms with Gasteiger partial charge in [0.25, 0.3) is 0 Å². The van der Waals surface area contributed by atoms with Crippen molar-refractivity contribution in [3.8, 4) is 11.8 Å². The SMILES string of the molecule is CC#CCCNC(=O)C(C)(N)CC. The van der Waals surface area contributed by atoms with Crippen LogP contribution in [0, 0.1) is 11.8 Å². The summed E-state index contributed by atoms with van der Waals surface area (Å²) in [5.41, 5.74) is 4.98. The molecule has 0 aromatic heterocycles. The minimum absolute atomic E-state index is 0.104. The van der Waals surface area contributed by atoms with Crippen LogP contribution in [0.25, 0.3) is 0 Å². The van der Waals surface area contributed by atoms with Gasteiger partial charge in [-0.2, -0.15) is 0 Å². The summed E-state index contributed by atoms with van der Waals surface area (Å²) in [4.78, 5) is 11.4. The van der Waals surface area contributed by atoms with E-state index in [1.54, 1.807) is 13.8 Å². The number of hydrogen-bond acceptors (Lipinski definition) is 2. The molecular weight excluding hydrogens is 164 g/mol. The molecule has 0 aromatic carbocycles. The normalized spacial score (nSPS) is 13.8. The van der Waals surface area contributed by atoms with E-state index in [-0.39, 0.29) is 5.91 Å². The monoisotopic (exact) mass is 182 g/mol. The molecule has 3 N–H and O–H groups in total. The Kier molecular flexibility index (Phi) is 5.17. The van der Waals surface area contributed by atoms with Crippen molar-refractivity contribution in [3.63, 3.8) is 0 Å². The third-order valence-electron chi connectivity index (χ3n) is 1.97. The summed E-state index contributed by atoms with van der Waals surface area (Å²) in [5.74, 6) is 5.53. The minimum atomic E-state index is -0.750. The minimum Gasteiger partial charge on any atom is -0.354 e. The fraction of sp³-hybridized carbons (Fsp3) is 0.700. The van der Waals surface area contributed by atoms with Gasteiger partial charge >= 0.3 is 0 Å². The van der Waals surface area contributed by atoms with Crippen LogP contribution in [-0.4, -0.2) is 18.0 Å². The van der Waals surface area contributed by atoms with Gasteiger partial charge in [-0.05, 0) is 20.3 Å². The Hall–Kier alpha value is -1.01. The lowest BCUT2D eigenvalue weighted by Gasteiger charge is -2.20. The molecule has 1 unspecified atom stereocenters. The predicted octanol–water partition coefficient (Wildman–Crippen LogP) is 0.643. The summed E-state index contributed by atoms with van der Waals surface area (Å²) in [7, 11) is 0. The number of rotatable bonds is 4. The lowest BCUT2D eigenvalue weighted by Crippen LogP contribution is -2.51. The first-order valence-corrected chi connectivity index (χ1v) is 4.51. The fourth-order valence-electron chi connectivity index (χ4n) is 0.726. The summed E-state index contributed by atoms with van der Waals surface area (Å²) >= 11 is 0. The van der Waals surface area contributed by atoms with Gasteiger partial charge in [0.1, 0.15) is 0 Å². The molecule has 3 nitrogen and oxygen atoms in total. The summed E-state index contributed by atoms with van der Waals surface area (Å²) < 4.78 is 0. The van der Waals surface area contributed by atoms with Crippen LogP contribution in [0.15, 0.2) is 0 Å². The Morgan fingerprint density at radius 3 is 2.69 bits per heavy atom. The Labute approximate surface area is 80.1 Å². The van der Waals surface area contributed by atoms with Crippen LogP contribution in [0.5, 0.6) is 0 Å². The molecule has 13 heavy (non-hydrogen) atoms. The summed E-state index contributed by atoms with van der Waals surface area (Å²) in [5, 5.41) is 2.74. The molecule has 3 heteroatoms. The largest absolute Gasteiger partial charge is 0.354 e. The van der Waals surface area contributed by atoms with Gasteiger partial charge in [0.2, 0.25) is 5.91 Å². The van der Waals surface area contributed by atoms with Gasteiger partial charge in [-0.3, -0.25) is 4.79 Å². The van der Waals surface area contributed by atoms with E-state index in [2.05, 4.69) is 17.2 Å². The van der Waals surface area contributed by atoms with Crippen molar-refractivity contribution in [1.82, 2.24) is 5.32 Å². The molecule has 0 bridgehead atoms. The van der Waals surface area contributed by atoms with Crippen LogP contribution in [0.4, 0.5) is 0 Å². The van der Waals surface area contributed by atoms with Gasteiger partial charge < -0.3 is 11.1 Å². The molecule has 0 aromatic rings. The van der Waals surface area contributed by atoms with E-state index >= 15 is 0 Å². The van der Waals surface area contributed by atoms with Gasteiger partial charge in [0.05, 0.1) is 5.54 Å². The van der Waals surface area contributed by atoms with Crippen molar-refractivity contribution in [2.45, 2.75) is 39.2 Å². The Bertz CT molecular complexity index is 223. The van der Waals surface area contributed by atoms with E-state index in [1.807, 2.05) is 6.92 Å². The second-order valence-electron chi connectivity index (χ2n) is 3.20. The van der Waals surface area contributed by atoms with Crippen LogP contribution in [0.2, 0.25) is 0 Å². The van der Waals surface area contributed by atoms with E-state index in [0.717, 1.165) is 0 Å². The lowest BCUT2D eigenvalue weighted by atomic mass is 10.00. The topological polar surface area (TPSA) is 55.1 Å². The van der Waals surface area contributed by atoms with Crippen molar-refractivity contribution >= 4 is 5.91 Å². The van der Waals surface area contributed by atoms with E-state index in [4.69, 9.17) is 5.73 Å². The third-order valence-corrected chi connectivity index (χ3v) is 1.97. The highest BCUT2D eigenvalue weighted by molar-refractivity contribution is 5.85. The maximum absolute atomic E-state index is 11.4. The Morgan fingerprint density at radius 2 is 2.23 bits per heavy atom. The summed E-state index contributed by atoms with van der Waals surface area (Å²) in [6, 6.07) is 0. The van der Waals surface area contributed by atoms with E-state index in [9.17, 15) is 4.79 Å². The first-order valence-electron chi connectivity index (χ1n) is 4.51. The molecule has 1 atom stereocenters. The van der Waals surface area contributed by atoms with Gasteiger partial charge in [-0.25, -0.2) is 0 Å². The van der Waals surface area contributed by atoms with Crippen molar-refractivity contribution in [2.24, 2.45) is 5.73 Å². The van der Waals surface area contributed by atoms with Gasteiger partial charge in [0, 0.05) is 13.0 Å². The Morgan fingerprint density at radius 1 is 1.62 bits per heavy atom. The Balaban J connectivity index is 3.79. The van der Waals surface area contributed by atoms with Crippen LogP contribution in [0.3, 0.4) is 0 Å². The molecule has 0 saturated carbocycles. The van der Waals surface area contributed by atoms with Crippen LogP contribution >= 0.6 is 0 Å². The lowest BCUT2D eigenvalue weighted by molar-refractivity contribution is -0.125. The zero-order chi connectivity index (χ0) is 10.3. The van der Waals surface area contributed by atoms with Gasteiger partial charge in [-0.1, -0.05) is 6.92 Å². The first-order chi connectivity index (χ1) is 6.04. The molecule has 0 spiro atoms. The molecule has 0 heterocycles. The average molecular weight is 182 g/mol. The molecule has 0 saturated heterocycles. The number of carbonyl (C=O) groups is 1. The highest BCUT2D eigenvalue weighted by Gasteiger charge is 2.24. The van der Waals surface area contributed by atoms with E-state index in [1.165, 1.54) is 0 Å². The molecule has 0 aliphatic rings. The standard InChI is InChI=1S/C10H18N2O/c1-4-6-7-8-12-9(13)10(3,11)5-2/h5,7-8,11H2,1-3H3,(H,12,13). The molecule has 0 radical (unpaired) electrons.